The molecule has 1 aromatic carbocycles. The molecule has 7 heteroatoms. The molecule has 1 unspecified atom stereocenters. The van der Waals surface area contributed by atoms with E-state index in [0.29, 0.717) is 11.4 Å². The van der Waals surface area contributed by atoms with Gasteiger partial charge in [-0.2, -0.15) is 5.10 Å². The molecule has 4 rings (SSSR count). The van der Waals surface area contributed by atoms with E-state index in [1.54, 1.807) is 0 Å². The molecular weight excluding hydrogens is 386 g/mol. The summed E-state index contributed by atoms with van der Waals surface area (Å²) in [6.07, 6.45) is 3.16. The van der Waals surface area contributed by atoms with Gasteiger partial charge in [0.05, 0.1) is 12.2 Å². The van der Waals surface area contributed by atoms with Crippen LogP contribution in [0.25, 0.3) is 10.2 Å². The van der Waals surface area contributed by atoms with E-state index in [0.717, 1.165) is 47.3 Å². The first-order chi connectivity index (χ1) is 14.0. The zero-order valence-electron chi connectivity index (χ0n) is 16.8. The van der Waals surface area contributed by atoms with E-state index in [1.165, 1.54) is 11.3 Å². The molecule has 3 aromatic rings. The van der Waals surface area contributed by atoms with Crippen molar-refractivity contribution in [3.05, 3.63) is 52.5 Å². The van der Waals surface area contributed by atoms with Gasteiger partial charge in [0, 0.05) is 18.0 Å². The maximum absolute atomic E-state index is 12.5. The van der Waals surface area contributed by atoms with E-state index < -0.39 is 5.97 Å². The van der Waals surface area contributed by atoms with Crippen LogP contribution in [0.3, 0.4) is 0 Å². The van der Waals surface area contributed by atoms with Gasteiger partial charge >= 0.3 is 5.97 Å². The molecular formula is C22H25N3O3S. The number of fused-ring (bicyclic) bond motifs is 1. The van der Waals surface area contributed by atoms with Crippen LogP contribution >= 0.6 is 11.3 Å². The Morgan fingerprint density at radius 1 is 1.24 bits per heavy atom. The average molecular weight is 412 g/mol. The molecule has 0 N–H and O–H groups in total. The van der Waals surface area contributed by atoms with Crippen molar-refractivity contribution < 1.29 is 14.3 Å². The molecule has 1 aliphatic rings. The summed E-state index contributed by atoms with van der Waals surface area (Å²) >= 11 is 1.36. The average Bonchev–Trinajstić information content (AvgIpc) is 3.28. The number of thiophene rings is 1. The molecule has 0 saturated carbocycles. The summed E-state index contributed by atoms with van der Waals surface area (Å²) in [4.78, 5) is 28.2. The van der Waals surface area contributed by atoms with Crippen LogP contribution in [-0.4, -0.2) is 45.8 Å². The Bertz CT molecular complexity index is 1020. The van der Waals surface area contributed by atoms with Crippen molar-refractivity contribution in [3.8, 4) is 0 Å². The van der Waals surface area contributed by atoms with E-state index in [4.69, 9.17) is 4.74 Å². The first-order valence-corrected chi connectivity index (χ1v) is 10.8. The molecule has 0 aliphatic carbocycles. The lowest BCUT2D eigenvalue weighted by Crippen LogP contribution is -2.44. The molecule has 0 bridgehead atoms. The van der Waals surface area contributed by atoms with Gasteiger partial charge in [-0.15, -0.1) is 11.3 Å². The number of carbonyl (C=O) groups excluding carboxylic acids is 2. The van der Waals surface area contributed by atoms with Crippen LogP contribution in [0.15, 0.2) is 36.4 Å². The molecule has 1 fully saturated rings. The fourth-order valence-electron chi connectivity index (χ4n) is 3.83. The maximum Gasteiger partial charge on any atom is 0.348 e. The second-order valence-corrected chi connectivity index (χ2v) is 8.60. The smallest absolute Gasteiger partial charge is 0.348 e. The Morgan fingerprint density at radius 3 is 2.79 bits per heavy atom. The highest BCUT2D eigenvalue weighted by atomic mass is 32.1. The van der Waals surface area contributed by atoms with Gasteiger partial charge in [0.15, 0.2) is 6.61 Å². The number of carbonyl (C=O) groups is 2. The Morgan fingerprint density at radius 2 is 2.03 bits per heavy atom. The summed E-state index contributed by atoms with van der Waals surface area (Å²) in [5, 5.41) is 5.56. The van der Waals surface area contributed by atoms with Crippen molar-refractivity contribution in [1.29, 1.82) is 0 Å². The number of amides is 1. The third kappa shape index (κ3) is 4.19. The van der Waals surface area contributed by atoms with Crippen molar-refractivity contribution in [2.75, 3.05) is 13.2 Å². The van der Waals surface area contributed by atoms with Gasteiger partial charge in [-0.1, -0.05) is 30.3 Å². The largest absolute Gasteiger partial charge is 0.451 e. The number of benzene rings is 1. The fraction of sp³-hybridized carbons (Fsp3) is 0.409. The van der Waals surface area contributed by atoms with Gasteiger partial charge in [0.25, 0.3) is 5.91 Å². The minimum Gasteiger partial charge on any atom is -0.451 e. The number of likely N-dealkylation sites (tertiary alicyclic amines) is 1. The van der Waals surface area contributed by atoms with Crippen LogP contribution in [0.5, 0.6) is 0 Å². The standard InChI is InChI=1S/C22H25N3O3S/c1-15-8-6-7-11-24(15)20(26)14-28-22(27)19-12-18-16(2)23-25(21(18)29-19)13-17-9-4-3-5-10-17/h3-5,9-10,12,15H,6-8,11,13-14H2,1-2H3. The van der Waals surface area contributed by atoms with E-state index in [1.807, 2.05) is 47.7 Å². The van der Waals surface area contributed by atoms with E-state index in [9.17, 15) is 9.59 Å². The summed E-state index contributed by atoms with van der Waals surface area (Å²) < 4.78 is 7.26. The van der Waals surface area contributed by atoms with Crippen LogP contribution in [0.1, 0.15) is 47.1 Å². The molecule has 6 nitrogen and oxygen atoms in total. The van der Waals surface area contributed by atoms with Crippen molar-refractivity contribution in [2.45, 2.75) is 45.7 Å². The third-order valence-corrected chi connectivity index (χ3v) is 6.56. The number of rotatable bonds is 5. The van der Waals surface area contributed by atoms with Gasteiger partial charge < -0.3 is 9.64 Å². The van der Waals surface area contributed by atoms with Crippen molar-refractivity contribution in [2.24, 2.45) is 0 Å². The summed E-state index contributed by atoms with van der Waals surface area (Å²) in [5.74, 6) is -0.562. The predicted molar refractivity (Wildman–Crippen MR) is 113 cm³/mol. The van der Waals surface area contributed by atoms with Gasteiger partial charge in [-0.05, 0) is 44.7 Å². The first-order valence-electron chi connectivity index (χ1n) is 10.0. The monoisotopic (exact) mass is 411 g/mol. The molecule has 1 atom stereocenters. The Hall–Kier alpha value is -2.67. The summed E-state index contributed by atoms with van der Waals surface area (Å²) in [6, 6.07) is 12.1. The quantitative estimate of drug-likeness (QED) is 0.595. The third-order valence-electron chi connectivity index (χ3n) is 5.43. The lowest BCUT2D eigenvalue weighted by atomic mass is 10.0. The Kier molecular flexibility index (Phi) is 5.67. The second-order valence-electron chi connectivity index (χ2n) is 7.57. The summed E-state index contributed by atoms with van der Waals surface area (Å²) in [5.41, 5.74) is 2.03. The molecule has 152 valence electrons. The second kappa shape index (κ2) is 8.37. The van der Waals surface area contributed by atoms with Crippen molar-refractivity contribution in [3.63, 3.8) is 0 Å². The predicted octanol–water partition coefficient (Wildman–Crippen LogP) is 4.01. The number of ether oxygens (including phenoxy) is 1. The zero-order chi connectivity index (χ0) is 20.4. The van der Waals surface area contributed by atoms with Crippen LogP contribution in [0.2, 0.25) is 0 Å². The van der Waals surface area contributed by atoms with E-state index in [-0.39, 0.29) is 18.6 Å². The Labute approximate surface area is 174 Å². The number of hydrogen-bond donors (Lipinski definition) is 0. The number of piperidine rings is 1. The normalized spacial score (nSPS) is 16.9. The first kappa shape index (κ1) is 19.6. The maximum atomic E-state index is 12.5. The highest BCUT2D eigenvalue weighted by Gasteiger charge is 2.25. The number of aromatic nitrogens is 2. The number of hydrogen-bond acceptors (Lipinski definition) is 5. The molecule has 1 saturated heterocycles. The SMILES string of the molecule is Cc1nn(Cc2ccccc2)c2sc(C(=O)OCC(=O)N3CCCCC3C)cc12. The van der Waals surface area contributed by atoms with Crippen LogP contribution in [0.4, 0.5) is 0 Å². The van der Waals surface area contributed by atoms with E-state index in [2.05, 4.69) is 17.2 Å². The fourth-order valence-corrected chi connectivity index (χ4v) is 4.88. The summed E-state index contributed by atoms with van der Waals surface area (Å²) in [7, 11) is 0. The number of aryl methyl sites for hydroxylation is 1. The summed E-state index contributed by atoms with van der Waals surface area (Å²) in [6.45, 7) is 5.17. The lowest BCUT2D eigenvalue weighted by molar-refractivity contribution is -0.137. The van der Waals surface area contributed by atoms with Crippen LogP contribution < -0.4 is 0 Å². The van der Waals surface area contributed by atoms with Crippen LogP contribution in [0, 0.1) is 6.92 Å². The van der Waals surface area contributed by atoms with Gasteiger partial charge in [-0.3, -0.25) is 9.48 Å². The number of nitrogens with zero attached hydrogens (tertiary/aromatic N) is 3. The molecule has 29 heavy (non-hydrogen) atoms. The van der Waals surface area contributed by atoms with Crippen LogP contribution in [-0.2, 0) is 16.1 Å². The molecule has 3 heterocycles. The van der Waals surface area contributed by atoms with Crippen molar-refractivity contribution >= 4 is 33.4 Å². The lowest BCUT2D eigenvalue weighted by Gasteiger charge is -2.33. The minimum absolute atomic E-state index is 0.113. The molecule has 2 aromatic heterocycles. The zero-order valence-corrected chi connectivity index (χ0v) is 17.6. The molecule has 0 radical (unpaired) electrons. The topological polar surface area (TPSA) is 64.4 Å². The number of esters is 1. The van der Waals surface area contributed by atoms with E-state index >= 15 is 0 Å². The van der Waals surface area contributed by atoms with Gasteiger partial charge in [-0.25, -0.2) is 4.79 Å². The molecule has 1 aliphatic heterocycles. The molecule has 1 amide bonds. The van der Waals surface area contributed by atoms with Gasteiger partial charge in [0.1, 0.15) is 9.71 Å². The molecule has 0 spiro atoms. The highest BCUT2D eigenvalue weighted by Crippen LogP contribution is 2.29. The van der Waals surface area contributed by atoms with Crippen molar-refractivity contribution in [1.82, 2.24) is 14.7 Å². The minimum atomic E-state index is -0.449. The highest BCUT2D eigenvalue weighted by molar-refractivity contribution is 7.20. The Balaban J connectivity index is 1.45. The van der Waals surface area contributed by atoms with Gasteiger partial charge in [0.2, 0.25) is 0 Å².